The molecule has 0 saturated carbocycles. The number of nitrogens with zero attached hydrogens (tertiary/aromatic N) is 3. The van der Waals surface area contributed by atoms with E-state index in [0.717, 1.165) is 12.2 Å². The first-order chi connectivity index (χ1) is 7.95. The van der Waals surface area contributed by atoms with Crippen LogP contribution in [-0.4, -0.2) is 18.5 Å². The van der Waals surface area contributed by atoms with E-state index in [1.165, 1.54) is 12.1 Å². The average molecular weight is 233 g/mol. The lowest BCUT2D eigenvalue weighted by atomic mass is 10.1. The van der Waals surface area contributed by atoms with E-state index < -0.39 is 4.92 Å². The third kappa shape index (κ3) is 3.18. The van der Waals surface area contributed by atoms with Gasteiger partial charge in [-0.3, -0.25) is 10.1 Å². The molecule has 0 amide bonds. The SMILES string of the molecule is CC(C)CN(C)c1ccc(C#N)c([N+](=O)[O-])c1. The summed E-state index contributed by atoms with van der Waals surface area (Å²) >= 11 is 0. The van der Waals surface area contributed by atoms with E-state index in [2.05, 4.69) is 13.8 Å². The molecule has 5 heteroatoms. The molecule has 0 N–H and O–H groups in total. The quantitative estimate of drug-likeness (QED) is 0.592. The number of benzene rings is 1. The molecule has 0 saturated heterocycles. The minimum atomic E-state index is -0.523. The van der Waals surface area contributed by atoms with Gasteiger partial charge in [0.05, 0.1) is 4.92 Å². The molecule has 17 heavy (non-hydrogen) atoms. The monoisotopic (exact) mass is 233 g/mol. The summed E-state index contributed by atoms with van der Waals surface area (Å²) in [5.74, 6) is 0.467. The molecule has 90 valence electrons. The van der Waals surface area contributed by atoms with Crippen molar-refractivity contribution < 1.29 is 4.92 Å². The lowest BCUT2D eigenvalue weighted by Gasteiger charge is -2.21. The largest absolute Gasteiger partial charge is 0.374 e. The van der Waals surface area contributed by atoms with E-state index in [9.17, 15) is 10.1 Å². The summed E-state index contributed by atoms with van der Waals surface area (Å²) < 4.78 is 0. The van der Waals surface area contributed by atoms with Crippen molar-refractivity contribution in [3.63, 3.8) is 0 Å². The normalized spacial score (nSPS) is 10.1. The fourth-order valence-corrected chi connectivity index (χ4v) is 1.66. The van der Waals surface area contributed by atoms with Crippen LogP contribution in [0.4, 0.5) is 11.4 Å². The van der Waals surface area contributed by atoms with Gasteiger partial charge in [0.2, 0.25) is 0 Å². The zero-order chi connectivity index (χ0) is 13.0. The maximum absolute atomic E-state index is 10.8. The van der Waals surface area contributed by atoms with Gasteiger partial charge in [0, 0.05) is 25.3 Å². The van der Waals surface area contributed by atoms with Crippen LogP contribution in [0.3, 0.4) is 0 Å². The average Bonchev–Trinajstić information content (AvgIpc) is 2.27. The molecule has 0 aliphatic rings. The number of hydrogen-bond acceptors (Lipinski definition) is 4. The fraction of sp³-hybridized carbons (Fsp3) is 0.417. The molecule has 1 rings (SSSR count). The number of rotatable bonds is 4. The van der Waals surface area contributed by atoms with Crippen molar-refractivity contribution in [1.82, 2.24) is 0 Å². The van der Waals surface area contributed by atoms with Gasteiger partial charge in [-0.1, -0.05) is 13.8 Å². The van der Waals surface area contributed by atoms with Crippen molar-refractivity contribution in [3.05, 3.63) is 33.9 Å². The topological polar surface area (TPSA) is 70.2 Å². The van der Waals surface area contributed by atoms with Crippen molar-refractivity contribution in [2.45, 2.75) is 13.8 Å². The summed E-state index contributed by atoms with van der Waals surface area (Å²) in [5.41, 5.74) is 0.710. The number of nitriles is 1. The summed E-state index contributed by atoms with van der Waals surface area (Å²) in [4.78, 5) is 12.2. The maximum atomic E-state index is 10.8. The zero-order valence-electron chi connectivity index (χ0n) is 10.2. The Morgan fingerprint density at radius 2 is 2.18 bits per heavy atom. The Morgan fingerprint density at radius 1 is 1.53 bits per heavy atom. The van der Waals surface area contributed by atoms with Gasteiger partial charge in [0.1, 0.15) is 11.6 Å². The summed E-state index contributed by atoms with van der Waals surface area (Å²) in [7, 11) is 1.88. The predicted octanol–water partition coefficient (Wildman–Crippen LogP) is 2.56. The van der Waals surface area contributed by atoms with Gasteiger partial charge in [0.25, 0.3) is 5.69 Å². The molecule has 1 aromatic carbocycles. The Hall–Kier alpha value is -2.09. The second-order valence-electron chi connectivity index (χ2n) is 4.34. The van der Waals surface area contributed by atoms with Crippen molar-refractivity contribution in [3.8, 4) is 6.07 Å². The molecule has 0 aliphatic heterocycles. The Labute approximate surface area is 100 Å². The first-order valence-electron chi connectivity index (χ1n) is 5.35. The van der Waals surface area contributed by atoms with Crippen LogP contribution in [0.5, 0.6) is 0 Å². The molecular weight excluding hydrogens is 218 g/mol. The van der Waals surface area contributed by atoms with Crippen molar-refractivity contribution in [2.24, 2.45) is 5.92 Å². The molecule has 0 fully saturated rings. The van der Waals surface area contributed by atoms with E-state index in [4.69, 9.17) is 5.26 Å². The predicted molar refractivity (Wildman–Crippen MR) is 65.9 cm³/mol. The van der Waals surface area contributed by atoms with Crippen molar-refractivity contribution in [1.29, 1.82) is 5.26 Å². The van der Waals surface area contributed by atoms with Gasteiger partial charge in [-0.05, 0) is 18.1 Å². The van der Waals surface area contributed by atoms with Crippen LogP contribution in [0.15, 0.2) is 18.2 Å². The molecule has 0 heterocycles. The summed E-state index contributed by atoms with van der Waals surface area (Å²) in [6.07, 6.45) is 0. The Morgan fingerprint density at radius 3 is 2.65 bits per heavy atom. The lowest BCUT2D eigenvalue weighted by Crippen LogP contribution is -2.22. The number of anilines is 1. The number of nitro benzene ring substituents is 1. The highest BCUT2D eigenvalue weighted by atomic mass is 16.6. The summed E-state index contributed by atoms with van der Waals surface area (Å²) in [5, 5.41) is 19.6. The Bertz CT molecular complexity index is 463. The highest BCUT2D eigenvalue weighted by molar-refractivity contribution is 5.60. The van der Waals surface area contributed by atoms with Gasteiger partial charge in [-0.15, -0.1) is 0 Å². The van der Waals surface area contributed by atoms with Crippen LogP contribution in [0.25, 0.3) is 0 Å². The van der Waals surface area contributed by atoms with Gasteiger partial charge in [-0.2, -0.15) is 5.26 Å². The Balaban J connectivity index is 3.09. The highest BCUT2D eigenvalue weighted by Gasteiger charge is 2.15. The third-order valence-corrected chi connectivity index (χ3v) is 2.38. The van der Waals surface area contributed by atoms with Crippen LogP contribution in [0.1, 0.15) is 19.4 Å². The number of nitro groups is 1. The molecule has 0 aromatic heterocycles. The van der Waals surface area contributed by atoms with E-state index >= 15 is 0 Å². The summed E-state index contributed by atoms with van der Waals surface area (Å²) in [6, 6.07) is 6.49. The lowest BCUT2D eigenvalue weighted by molar-refractivity contribution is -0.385. The second-order valence-corrected chi connectivity index (χ2v) is 4.34. The third-order valence-electron chi connectivity index (χ3n) is 2.38. The van der Waals surface area contributed by atoms with Crippen molar-refractivity contribution >= 4 is 11.4 Å². The second kappa shape index (κ2) is 5.30. The van der Waals surface area contributed by atoms with Crippen LogP contribution >= 0.6 is 0 Å². The standard InChI is InChI=1S/C12H15N3O2/c1-9(2)8-14(3)11-5-4-10(7-13)12(6-11)15(16)17/h4-6,9H,8H2,1-3H3. The molecule has 1 aromatic rings. The first kappa shape index (κ1) is 13.0. The molecule has 5 nitrogen and oxygen atoms in total. The molecule has 0 spiro atoms. The van der Waals surface area contributed by atoms with E-state index in [0.29, 0.717) is 5.92 Å². The Kier molecular flexibility index (Phi) is 4.05. The molecule has 0 aliphatic carbocycles. The fourth-order valence-electron chi connectivity index (χ4n) is 1.66. The molecule has 0 unspecified atom stereocenters. The van der Waals surface area contributed by atoms with E-state index in [1.54, 1.807) is 6.07 Å². The highest BCUT2D eigenvalue weighted by Crippen LogP contribution is 2.24. The number of hydrogen-bond donors (Lipinski definition) is 0. The minimum Gasteiger partial charge on any atom is -0.374 e. The van der Waals surface area contributed by atoms with Gasteiger partial charge >= 0.3 is 0 Å². The maximum Gasteiger partial charge on any atom is 0.289 e. The van der Waals surface area contributed by atoms with Gasteiger partial charge < -0.3 is 4.90 Å². The molecular formula is C12H15N3O2. The van der Waals surface area contributed by atoms with E-state index in [-0.39, 0.29) is 11.3 Å². The smallest absolute Gasteiger partial charge is 0.289 e. The van der Waals surface area contributed by atoms with Crippen LogP contribution < -0.4 is 4.90 Å². The van der Waals surface area contributed by atoms with Crippen molar-refractivity contribution in [2.75, 3.05) is 18.5 Å². The molecule has 0 bridgehead atoms. The van der Waals surface area contributed by atoms with Gasteiger partial charge in [-0.25, -0.2) is 0 Å². The molecule has 0 atom stereocenters. The summed E-state index contributed by atoms with van der Waals surface area (Å²) in [6.45, 7) is 4.96. The van der Waals surface area contributed by atoms with Crippen LogP contribution in [0.2, 0.25) is 0 Å². The van der Waals surface area contributed by atoms with Gasteiger partial charge in [0.15, 0.2) is 0 Å². The molecule has 0 radical (unpaired) electrons. The van der Waals surface area contributed by atoms with Crippen LogP contribution in [0, 0.1) is 27.4 Å². The van der Waals surface area contributed by atoms with Crippen LogP contribution in [-0.2, 0) is 0 Å². The zero-order valence-corrected chi connectivity index (χ0v) is 10.2. The minimum absolute atomic E-state index is 0.0942. The first-order valence-corrected chi connectivity index (χ1v) is 5.35. The van der Waals surface area contributed by atoms with E-state index in [1.807, 2.05) is 18.0 Å².